The molecule has 0 bridgehead atoms. The maximum absolute atomic E-state index is 11.7. The van der Waals surface area contributed by atoms with E-state index in [0.717, 1.165) is 4.90 Å². The number of Topliss-reactive ketones (excluding diaryl/α,β-unsaturated/α-hetero) is 1. The highest BCUT2D eigenvalue weighted by Gasteiger charge is 2.33. The summed E-state index contributed by atoms with van der Waals surface area (Å²) < 4.78 is 0. The predicted octanol–water partition coefficient (Wildman–Crippen LogP) is 3.31. The van der Waals surface area contributed by atoms with E-state index in [4.69, 9.17) is 0 Å². The average molecular weight is 283 g/mol. The highest BCUT2D eigenvalue weighted by molar-refractivity contribution is 7.99. The van der Waals surface area contributed by atoms with Crippen molar-refractivity contribution in [2.24, 2.45) is 0 Å². The van der Waals surface area contributed by atoms with Gasteiger partial charge in [-0.05, 0) is 36.8 Å². The molecule has 0 saturated heterocycles. The molecule has 3 nitrogen and oxygen atoms in total. The summed E-state index contributed by atoms with van der Waals surface area (Å²) in [6.07, 6.45) is 0. The van der Waals surface area contributed by atoms with Gasteiger partial charge in [-0.25, -0.2) is 0 Å². The first-order valence-electron chi connectivity index (χ1n) is 6.28. The van der Waals surface area contributed by atoms with Crippen molar-refractivity contribution < 1.29 is 9.59 Å². The average Bonchev–Trinajstić information content (AvgIpc) is 2.66. The van der Waals surface area contributed by atoms with Gasteiger partial charge in [-0.1, -0.05) is 30.0 Å². The fraction of sp³-hybridized carbons (Fsp3) is 0.125. The first-order valence-corrected chi connectivity index (χ1v) is 7.09. The lowest BCUT2D eigenvalue weighted by Crippen LogP contribution is -2.24. The molecule has 100 valence electrons. The minimum absolute atomic E-state index is 0.421. The van der Waals surface area contributed by atoms with Crippen molar-refractivity contribution in [3.63, 3.8) is 0 Å². The van der Waals surface area contributed by atoms with Gasteiger partial charge in [-0.15, -0.1) is 0 Å². The third kappa shape index (κ3) is 2.02. The van der Waals surface area contributed by atoms with Crippen molar-refractivity contribution in [3.8, 4) is 0 Å². The van der Waals surface area contributed by atoms with E-state index >= 15 is 0 Å². The number of hydrogen-bond acceptors (Lipinski definition) is 3. The van der Waals surface area contributed by atoms with E-state index in [1.807, 2.05) is 24.3 Å². The lowest BCUT2D eigenvalue weighted by Gasteiger charge is -2.11. The SMILES string of the molecule is Cc1ccccc1Sc1ccc2c(c1)N(C)C(=O)C2=O. The molecule has 0 fully saturated rings. The molecular formula is C16H13NO2S. The van der Waals surface area contributed by atoms with Gasteiger partial charge in [0.25, 0.3) is 11.7 Å². The quantitative estimate of drug-likeness (QED) is 0.794. The smallest absolute Gasteiger partial charge is 0.299 e. The van der Waals surface area contributed by atoms with E-state index in [2.05, 4.69) is 19.1 Å². The molecule has 0 radical (unpaired) electrons. The monoisotopic (exact) mass is 283 g/mol. The number of ketones is 1. The largest absolute Gasteiger partial charge is 0.308 e. The number of rotatable bonds is 2. The van der Waals surface area contributed by atoms with Crippen LogP contribution in [0.4, 0.5) is 5.69 Å². The zero-order chi connectivity index (χ0) is 14.3. The first kappa shape index (κ1) is 12.9. The molecule has 0 aliphatic carbocycles. The van der Waals surface area contributed by atoms with Crippen LogP contribution in [0.5, 0.6) is 0 Å². The van der Waals surface area contributed by atoms with Gasteiger partial charge in [-0.2, -0.15) is 0 Å². The second-order valence-corrected chi connectivity index (χ2v) is 5.86. The maximum atomic E-state index is 11.7. The molecule has 0 aromatic heterocycles. The van der Waals surface area contributed by atoms with E-state index in [1.54, 1.807) is 24.9 Å². The van der Waals surface area contributed by atoms with Crippen molar-refractivity contribution in [1.29, 1.82) is 0 Å². The molecule has 3 rings (SSSR count). The second-order valence-electron chi connectivity index (χ2n) is 4.74. The van der Waals surface area contributed by atoms with Crippen LogP contribution in [0.2, 0.25) is 0 Å². The van der Waals surface area contributed by atoms with Gasteiger partial charge in [0.2, 0.25) is 0 Å². The Bertz CT molecular complexity index is 724. The Kier molecular flexibility index (Phi) is 3.10. The van der Waals surface area contributed by atoms with Gasteiger partial charge >= 0.3 is 0 Å². The molecule has 1 aliphatic heterocycles. The fourth-order valence-corrected chi connectivity index (χ4v) is 3.16. The van der Waals surface area contributed by atoms with E-state index in [-0.39, 0.29) is 0 Å². The van der Waals surface area contributed by atoms with Gasteiger partial charge in [0.05, 0.1) is 11.3 Å². The standard InChI is InChI=1S/C16H13NO2S/c1-10-5-3-4-6-14(10)20-11-7-8-12-13(9-11)17(2)16(19)15(12)18/h3-9H,1-2H3. The molecule has 2 aromatic carbocycles. The zero-order valence-electron chi connectivity index (χ0n) is 11.2. The van der Waals surface area contributed by atoms with Crippen LogP contribution >= 0.6 is 11.8 Å². The summed E-state index contributed by atoms with van der Waals surface area (Å²) >= 11 is 1.64. The number of carbonyl (C=O) groups is 2. The lowest BCUT2D eigenvalue weighted by molar-refractivity contribution is -0.114. The van der Waals surface area contributed by atoms with Gasteiger partial charge < -0.3 is 4.90 Å². The number of aryl methyl sites for hydroxylation is 1. The van der Waals surface area contributed by atoms with Crippen molar-refractivity contribution in [1.82, 2.24) is 0 Å². The van der Waals surface area contributed by atoms with E-state index in [1.165, 1.54) is 15.4 Å². The number of fused-ring (bicyclic) bond motifs is 1. The van der Waals surface area contributed by atoms with E-state index < -0.39 is 11.7 Å². The Morgan fingerprint density at radius 3 is 2.55 bits per heavy atom. The number of nitrogens with zero attached hydrogens (tertiary/aromatic N) is 1. The summed E-state index contributed by atoms with van der Waals surface area (Å²) in [5, 5.41) is 0. The highest BCUT2D eigenvalue weighted by atomic mass is 32.2. The summed E-state index contributed by atoms with van der Waals surface area (Å²) in [5.41, 5.74) is 2.39. The number of amides is 1. The third-order valence-corrected chi connectivity index (χ3v) is 4.56. The van der Waals surface area contributed by atoms with Crippen molar-refractivity contribution in [2.75, 3.05) is 11.9 Å². The molecule has 0 N–H and O–H groups in total. The molecule has 0 atom stereocenters. The molecule has 0 spiro atoms. The zero-order valence-corrected chi connectivity index (χ0v) is 12.0. The first-order chi connectivity index (χ1) is 9.58. The molecule has 4 heteroatoms. The van der Waals surface area contributed by atoms with Crippen molar-refractivity contribution in [3.05, 3.63) is 53.6 Å². The van der Waals surface area contributed by atoms with Gasteiger partial charge in [0.15, 0.2) is 0 Å². The Morgan fingerprint density at radius 2 is 1.80 bits per heavy atom. The van der Waals surface area contributed by atoms with Crippen LogP contribution < -0.4 is 4.90 Å². The fourth-order valence-electron chi connectivity index (χ4n) is 2.22. The molecule has 1 heterocycles. The van der Waals surface area contributed by atoms with Gasteiger partial charge in [0, 0.05) is 16.8 Å². The Balaban J connectivity index is 1.97. The van der Waals surface area contributed by atoms with Gasteiger partial charge in [-0.3, -0.25) is 9.59 Å². The Morgan fingerprint density at radius 1 is 1.05 bits per heavy atom. The van der Waals surface area contributed by atoms with Crippen molar-refractivity contribution >= 4 is 29.1 Å². The molecule has 0 unspecified atom stereocenters. The number of benzene rings is 2. The third-order valence-electron chi connectivity index (χ3n) is 3.40. The van der Waals surface area contributed by atoms with E-state index in [0.29, 0.717) is 11.3 Å². The van der Waals surface area contributed by atoms with Crippen LogP contribution in [0.25, 0.3) is 0 Å². The molecule has 1 aliphatic rings. The summed E-state index contributed by atoms with van der Waals surface area (Å²) in [4.78, 5) is 27.0. The minimum Gasteiger partial charge on any atom is -0.308 e. The van der Waals surface area contributed by atoms with Crippen LogP contribution in [0.3, 0.4) is 0 Å². The highest BCUT2D eigenvalue weighted by Crippen LogP contribution is 2.36. The second kappa shape index (κ2) is 4.80. The number of anilines is 1. The molecule has 2 aromatic rings. The van der Waals surface area contributed by atoms with Crippen LogP contribution in [0.15, 0.2) is 52.3 Å². The summed E-state index contributed by atoms with van der Waals surface area (Å²) in [7, 11) is 1.63. The van der Waals surface area contributed by atoms with Crippen LogP contribution in [-0.4, -0.2) is 18.7 Å². The van der Waals surface area contributed by atoms with Gasteiger partial charge in [0.1, 0.15) is 0 Å². The maximum Gasteiger partial charge on any atom is 0.299 e. The lowest BCUT2D eigenvalue weighted by atomic mass is 10.1. The molecule has 20 heavy (non-hydrogen) atoms. The molecular weight excluding hydrogens is 270 g/mol. The van der Waals surface area contributed by atoms with Crippen LogP contribution in [-0.2, 0) is 4.79 Å². The Labute approximate surface area is 121 Å². The summed E-state index contributed by atoms with van der Waals surface area (Å²) in [5.74, 6) is -0.881. The molecule has 1 amide bonds. The summed E-state index contributed by atoms with van der Waals surface area (Å²) in [6, 6.07) is 13.7. The predicted molar refractivity (Wildman–Crippen MR) is 79.5 cm³/mol. The van der Waals surface area contributed by atoms with Crippen LogP contribution in [0, 0.1) is 6.92 Å². The van der Waals surface area contributed by atoms with Crippen molar-refractivity contribution in [2.45, 2.75) is 16.7 Å². The molecule has 0 saturated carbocycles. The minimum atomic E-state index is -0.460. The number of carbonyl (C=O) groups excluding carboxylic acids is 2. The number of likely N-dealkylation sites (N-methyl/N-ethyl adjacent to an activating group) is 1. The van der Waals surface area contributed by atoms with Crippen LogP contribution in [0.1, 0.15) is 15.9 Å². The normalized spacial score (nSPS) is 13.8. The number of hydrogen-bond donors (Lipinski definition) is 0. The Hall–Kier alpha value is -2.07. The van der Waals surface area contributed by atoms with E-state index in [9.17, 15) is 9.59 Å². The summed E-state index contributed by atoms with van der Waals surface area (Å²) in [6.45, 7) is 2.06. The topological polar surface area (TPSA) is 37.4 Å².